The van der Waals surface area contributed by atoms with Crippen molar-refractivity contribution in [1.82, 2.24) is 15.6 Å². The minimum absolute atomic E-state index is 0.777. The van der Waals surface area contributed by atoms with E-state index in [-0.39, 0.29) is 0 Å². The van der Waals surface area contributed by atoms with Crippen LogP contribution >= 0.6 is 11.3 Å². The van der Waals surface area contributed by atoms with Crippen LogP contribution in [0.3, 0.4) is 0 Å². The molecule has 1 fully saturated rings. The first-order chi connectivity index (χ1) is 7.95. The molecule has 2 N–H and O–H groups in total. The maximum absolute atomic E-state index is 4.06. The van der Waals surface area contributed by atoms with Gasteiger partial charge in [0.05, 0.1) is 5.51 Å². The Labute approximate surface area is 102 Å². The van der Waals surface area contributed by atoms with Crippen molar-refractivity contribution >= 4 is 11.3 Å². The summed E-state index contributed by atoms with van der Waals surface area (Å²) in [6, 6.07) is 0.777. The van der Waals surface area contributed by atoms with Gasteiger partial charge >= 0.3 is 0 Å². The molecule has 0 spiro atoms. The predicted octanol–water partition coefficient (Wildman–Crippen LogP) is 2.15. The molecule has 4 heteroatoms. The highest BCUT2D eigenvalue weighted by Gasteiger charge is 2.11. The summed E-state index contributed by atoms with van der Waals surface area (Å²) >= 11 is 1.72. The fraction of sp³-hybridized carbons (Fsp3) is 0.750. The smallest absolute Gasteiger partial charge is 0.0794 e. The van der Waals surface area contributed by atoms with Crippen molar-refractivity contribution in [2.45, 2.75) is 44.7 Å². The molecule has 1 aromatic rings. The van der Waals surface area contributed by atoms with Crippen LogP contribution in [0.2, 0.25) is 0 Å². The van der Waals surface area contributed by atoms with Crippen molar-refractivity contribution in [3.05, 3.63) is 16.6 Å². The van der Waals surface area contributed by atoms with Crippen molar-refractivity contribution in [3.8, 4) is 0 Å². The fourth-order valence-electron chi connectivity index (χ4n) is 2.18. The first-order valence-corrected chi connectivity index (χ1v) is 7.14. The quantitative estimate of drug-likeness (QED) is 0.747. The van der Waals surface area contributed by atoms with Gasteiger partial charge in [-0.3, -0.25) is 4.98 Å². The molecule has 3 nitrogen and oxygen atoms in total. The molecule has 0 aliphatic carbocycles. The summed E-state index contributed by atoms with van der Waals surface area (Å²) in [6.07, 6.45) is 8.67. The van der Waals surface area contributed by atoms with E-state index in [4.69, 9.17) is 0 Å². The van der Waals surface area contributed by atoms with Crippen molar-refractivity contribution in [2.24, 2.45) is 0 Å². The first kappa shape index (κ1) is 12.0. The third-order valence-corrected chi connectivity index (χ3v) is 3.88. The zero-order valence-electron chi connectivity index (χ0n) is 9.74. The Morgan fingerprint density at radius 2 is 2.50 bits per heavy atom. The Bertz CT molecular complexity index is 268. The van der Waals surface area contributed by atoms with Gasteiger partial charge in [-0.2, -0.15) is 0 Å². The van der Waals surface area contributed by atoms with Crippen molar-refractivity contribution < 1.29 is 0 Å². The number of thiazole rings is 1. The third kappa shape index (κ3) is 4.20. The molecular weight excluding hydrogens is 218 g/mol. The molecule has 1 atom stereocenters. The van der Waals surface area contributed by atoms with E-state index in [1.807, 2.05) is 11.7 Å². The Morgan fingerprint density at radius 3 is 3.25 bits per heavy atom. The Morgan fingerprint density at radius 1 is 1.50 bits per heavy atom. The number of hydrogen-bond acceptors (Lipinski definition) is 4. The van der Waals surface area contributed by atoms with Crippen LogP contribution in [0.1, 0.15) is 37.0 Å². The van der Waals surface area contributed by atoms with Crippen molar-refractivity contribution in [3.63, 3.8) is 0 Å². The molecule has 1 aliphatic rings. The van der Waals surface area contributed by atoms with Gasteiger partial charge in [0.2, 0.25) is 0 Å². The second kappa shape index (κ2) is 6.99. The summed E-state index contributed by atoms with van der Waals surface area (Å²) in [4.78, 5) is 5.39. The van der Waals surface area contributed by atoms with Crippen molar-refractivity contribution in [2.75, 3.05) is 13.1 Å². The SMILES string of the molecule is c1ncc(CNCCCC2CCCCN2)s1. The molecule has 1 saturated heterocycles. The second-order valence-electron chi connectivity index (χ2n) is 4.43. The topological polar surface area (TPSA) is 37.0 Å². The number of hydrogen-bond donors (Lipinski definition) is 2. The van der Waals surface area contributed by atoms with E-state index < -0.39 is 0 Å². The Hall–Kier alpha value is -0.450. The van der Waals surface area contributed by atoms with Gasteiger partial charge in [-0.25, -0.2) is 0 Å². The number of nitrogens with zero attached hydrogens (tertiary/aromatic N) is 1. The fourth-order valence-corrected chi connectivity index (χ4v) is 2.75. The van der Waals surface area contributed by atoms with Crippen LogP contribution in [0.25, 0.3) is 0 Å². The molecule has 1 unspecified atom stereocenters. The molecule has 2 heterocycles. The van der Waals surface area contributed by atoms with Crippen LogP contribution in [0, 0.1) is 0 Å². The number of rotatable bonds is 6. The lowest BCUT2D eigenvalue weighted by molar-refractivity contribution is 0.373. The summed E-state index contributed by atoms with van der Waals surface area (Å²) < 4.78 is 0. The molecule has 0 aromatic carbocycles. The standard InChI is InChI=1S/C12H21N3S/c1-2-7-15-11(4-1)5-3-6-13-8-12-9-14-10-16-12/h9-11,13,15H,1-8H2. The summed E-state index contributed by atoms with van der Waals surface area (Å²) in [5.41, 5.74) is 1.89. The minimum Gasteiger partial charge on any atom is -0.314 e. The zero-order valence-corrected chi connectivity index (χ0v) is 10.6. The lowest BCUT2D eigenvalue weighted by Gasteiger charge is -2.23. The van der Waals surface area contributed by atoms with Gasteiger partial charge in [0.15, 0.2) is 0 Å². The lowest BCUT2D eigenvalue weighted by Crippen LogP contribution is -2.34. The summed E-state index contributed by atoms with van der Waals surface area (Å²) in [5.74, 6) is 0. The van der Waals surface area contributed by atoms with Crippen LogP contribution in [0.5, 0.6) is 0 Å². The molecule has 1 aromatic heterocycles. The number of piperidine rings is 1. The Balaban J connectivity index is 1.48. The summed E-state index contributed by atoms with van der Waals surface area (Å²) in [5, 5.41) is 7.06. The van der Waals surface area contributed by atoms with Gasteiger partial charge in [0.1, 0.15) is 0 Å². The summed E-state index contributed by atoms with van der Waals surface area (Å²) in [6.45, 7) is 3.32. The van der Waals surface area contributed by atoms with E-state index in [0.29, 0.717) is 0 Å². The Kier molecular flexibility index (Phi) is 5.25. The summed E-state index contributed by atoms with van der Waals surface area (Å²) in [7, 11) is 0. The van der Waals surface area contributed by atoms with Crippen LogP contribution in [-0.4, -0.2) is 24.1 Å². The van der Waals surface area contributed by atoms with Gasteiger partial charge in [-0.05, 0) is 38.8 Å². The van der Waals surface area contributed by atoms with Gasteiger partial charge in [-0.15, -0.1) is 11.3 Å². The maximum Gasteiger partial charge on any atom is 0.0794 e. The van der Waals surface area contributed by atoms with Crippen LogP contribution in [-0.2, 0) is 6.54 Å². The average molecular weight is 239 g/mol. The first-order valence-electron chi connectivity index (χ1n) is 6.26. The van der Waals surface area contributed by atoms with Crippen LogP contribution < -0.4 is 10.6 Å². The highest BCUT2D eigenvalue weighted by Crippen LogP contribution is 2.11. The normalized spacial score (nSPS) is 21.1. The molecule has 0 radical (unpaired) electrons. The number of nitrogens with one attached hydrogen (secondary N) is 2. The molecule has 0 bridgehead atoms. The molecule has 0 saturated carbocycles. The highest BCUT2D eigenvalue weighted by atomic mass is 32.1. The van der Waals surface area contributed by atoms with E-state index in [1.165, 1.54) is 43.5 Å². The predicted molar refractivity (Wildman–Crippen MR) is 68.7 cm³/mol. The zero-order chi connectivity index (χ0) is 11.1. The van der Waals surface area contributed by atoms with E-state index in [1.54, 1.807) is 11.3 Å². The molecule has 16 heavy (non-hydrogen) atoms. The lowest BCUT2D eigenvalue weighted by atomic mass is 10.0. The van der Waals surface area contributed by atoms with E-state index in [9.17, 15) is 0 Å². The van der Waals surface area contributed by atoms with Crippen LogP contribution in [0.15, 0.2) is 11.7 Å². The maximum atomic E-state index is 4.06. The molecule has 2 rings (SSSR count). The molecule has 0 amide bonds. The third-order valence-electron chi connectivity index (χ3n) is 3.10. The molecule has 1 aliphatic heterocycles. The average Bonchev–Trinajstić information content (AvgIpc) is 2.83. The van der Waals surface area contributed by atoms with Gasteiger partial charge in [0, 0.05) is 23.7 Å². The van der Waals surface area contributed by atoms with Gasteiger partial charge < -0.3 is 10.6 Å². The van der Waals surface area contributed by atoms with Crippen LogP contribution in [0.4, 0.5) is 0 Å². The molecule has 90 valence electrons. The van der Waals surface area contributed by atoms with Gasteiger partial charge in [-0.1, -0.05) is 6.42 Å². The largest absolute Gasteiger partial charge is 0.314 e. The minimum atomic E-state index is 0.777. The van der Waals surface area contributed by atoms with Crippen molar-refractivity contribution in [1.29, 1.82) is 0 Å². The molecular formula is C12H21N3S. The monoisotopic (exact) mass is 239 g/mol. The van der Waals surface area contributed by atoms with E-state index in [0.717, 1.165) is 19.1 Å². The van der Waals surface area contributed by atoms with E-state index >= 15 is 0 Å². The highest BCUT2D eigenvalue weighted by molar-refractivity contribution is 7.09. The van der Waals surface area contributed by atoms with E-state index in [2.05, 4.69) is 15.6 Å². The van der Waals surface area contributed by atoms with Gasteiger partial charge in [0.25, 0.3) is 0 Å². The second-order valence-corrected chi connectivity index (χ2v) is 5.40. The number of aromatic nitrogens is 1.